The predicted octanol–water partition coefficient (Wildman–Crippen LogP) is 0.911. The van der Waals surface area contributed by atoms with Gasteiger partial charge in [0.15, 0.2) is 0 Å². The zero-order valence-corrected chi connectivity index (χ0v) is 7.81. The summed E-state index contributed by atoms with van der Waals surface area (Å²) >= 11 is -0.399. The zero-order valence-electron chi connectivity index (χ0n) is 6.18. The Balaban J connectivity index is 3.24. The predicted molar refractivity (Wildman–Crippen MR) is 44.2 cm³/mol. The van der Waals surface area contributed by atoms with Crippen LogP contribution in [0.2, 0.25) is 0 Å². The molecular formula is C6H4FNO3S2. The van der Waals surface area contributed by atoms with E-state index < -0.39 is 27.3 Å². The summed E-state index contributed by atoms with van der Waals surface area (Å²) in [7, 11) is -3.92. The summed E-state index contributed by atoms with van der Waals surface area (Å²) in [5.41, 5.74) is 0. The molecule has 0 unspecified atom stereocenters. The Hall–Kier alpha value is -1.08. The number of sulfonamides is 1. The van der Waals surface area contributed by atoms with E-state index >= 15 is 0 Å². The number of nitrogens with zero attached hydrogens (tertiary/aromatic N) is 1. The summed E-state index contributed by atoms with van der Waals surface area (Å²) < 4.78 is 47.1. The highest BCUT2D eigenvalue weighted by Gasteiger charge is 2.11. The smallest absolute Gasteiger partial charge is 0.207 e. The van der Waals surface area contributed by atoms with Crippen molar-refractivity contribution in [2.45, 2.75) is 4.90 Å². The number of halogens is 1. The number of benzene rings is 1. The summed E-state index contributed by atoms with van der Waals surface area (Å²) in [4.78, 5) is -0.197. The van der Waals surface area contributed by atoms with Crippen molar-refractivity contribution < 1.29 is 17.0 Å². The molecule has 0 radical (unpaired) electrons. The second-order valence-corrected chi connectivity index (χ2v) is 4.24. The summed E-state index contributed by atoms with van der Waals surface area (Å²) in [6.45, 7) is 0. The monoisotopic (exact) mass is 221 g/mol. The van der Waals surface area contributed by atoms with E-state index in [1.165, 1.54) is 0 Å². The third kappa shape index (κ3) is 2.43. The summed E-state index contributed by atoms with van der Waals surface area (Å²) in [6.07, 6.45) is 0. The molecule has 70 valence electrons. The number of rotatable bonds is 2. The minimum absolute atomic E-state index is 0.197. The maximum Gasteiger partial charge on any atom is 0.294 e. The van der Waals surface area contributed by atoms with Crippen LogP contribution in [0.1, 0.15) is 0 Å². The second-order valence-electron chi connectivity index (χ2n) is 2.08. The van der Waals surface area contributed by atoms with Crippen LogP contribution in [-0.4, -0.2) is 12.6 Å². The molecule has 0 saturated heterocycles. The lowest BCUT2D eigenvalue weighted by Gasteiger charge is -1.94. The van der Waals surface area contributed by atoms with Gasteiger partial charge in [-0.05, 0) is 24.3 Å². The first kappa shape index (κ1) is 10.0. The molecule has 1 rings (SSSR count). The van der Waals surface area contributed by atoms with Crippen molar-refractivity contribution in [1.29, 1.82) is 0 Å². The zero-order chi connectivity index (χ0) is 9.90. The summed E-state index contributed by atoms with van der Waals surface area (Å²) in [6, 6.07) is 4.06. The van der Waals surface area contributed by atoms with Crippen molar-refractivity contribution in [1.82, 2.24) is 0 Å². The van der Waals surface area contributed by atoms with Crippen LogP contribution >= 0.6 is 0 Å². The highest BCUT2D eigenvalue weighted by molar-refractivity contribution is 7.93. The molecule has 0 aromatic heterocycles. The molecule has 0 bridgehead atoms. The second kappa shape index (κ2) is 3.75. The molecular weight excluding hydrogens is 217 g/mol. The van der Waals surface area contributed by atoms with Gasteiger partial charge in [0.25, 0.3) is 10.0 Å². The van der Waals surface area contributed by atoms with Gasteiger partial charge in [-0.25, -0.2) is 4.39 Å². The Morgan fingerprint density at radius 1 is 1.23 bits per heavy atom. The van der Waals surface area contributed by atoms with Crippen molar-refractivity contribution in [2.24, 2.45) is 3.77 Å². The standard InChI is InChI=1S/C6H4FNO3S2/c7-5-1-3-6(4-2-5)13(10,11)8-12-9/h1-4H. The maximum absolute atomic E-state index is 12.4. The number of hydrogen-bond donors (Lipinski definition) is 0. The first-order chi connectivity index (χ1) is 6.06. The normalized spacial score (nSPS) is 10.8. The van der Waals surface area contributed by atoms with E-state index in [0.717, 1.165) is 24.3 Å². The maximum atomic E-state index is 12.4. The average Bonchev–Trinajstić information content (AvgIpc) is 2.05. The van der Waals surface area contributed by atoms with Crippen LogP contribution in [0.5, 0.6) is 0 Å². The Bertz CT molecular complexity index is 447. The average molecular weight is 221 g/mol. The van der Waals surface area contributed by atoms with Gasteiger partial charge in [-0.3, -0.25) is 0 Å². The quantitative estimate of drug-likeness (QED) is 0.745. The Labute approximate surface area is 77.7 Å². The van der Waals surface area contributed by atoms with Gasteiger partial charge in [0.1, 0.15) is 5.82 Å². The van der Waals surface area contributed by atoms with Crippen LogP contribution in [-0.2, 0) is 21.5 Å². The minimum atomic E-state index is -3.92. The van der Waals surface area contributed by atoms with E-state index in [1.807, 2.05) is 0 Å². The number of hydrogen-bond acceptors (Lipinski definition) is 3. The van der Waals surface area contributed by atoms with Gasteiger partial charge in [0.2, 0.25) is 11.5 Å². The summed E-state index contributed by atoms with van der Waals surface area (Å²) in [5.74, 6) is -0.547. The van der Waals surface area contributed by atoms with E-state index in [4.69, 9.17) is 0 Å². The highest BCUT2D eigenvalue weighted by atomic mass is 32.2. The molecule has 0 amide bonds. The van der Waals surface area contributed by atoms with Crippen LogP contribution in [0, 0.1) is 5.82 Å². The molecule has 0 aliphatic carbocycles. The topological polar surface area (TPSA) is 63.6 Å². The molecule has 1 aromatic rings. The van der Waals surface area contributed by atoms with E-state index in [-0.39, 0.29) is 4.90 Å². The first-order valence-corrected chi connectivity index (χ1v) is 5.22. The molecule has 0 heterocycles. The fourth-order valence-electron chi connectivity index (χ4n) is 0.690. The molecule has 4 nitrogen and oxygen atoms in total. The third-order valence-electron chi connectivity index (χ3n) is 1.24. The fourth-order valence-corrected chi connectivity index (χ4v) is 1.83. The molecule has 13 heavy (non-hydrogen) atoms. The van der Waals surface area contributed by atoms with Gasteiger partial charge >= 0.3 is 0 Å². The van der Waals surface area contributed by atoms with Crippen molar-refractivity contribution in [3.8, 4) is 0 Å². The molecule has 0 N–H and O–H groups in total. The molecule has 0 spiro atoms. The van der Waals surface area contributed by atoms with Crippen LogP contribution < -0.4 is 0 Å². The van der Waals surface area contributed by atoms with Gasteiger partial charge in [0, 0.05) is 0 Å². The lowest BCUT2D eigenvalue weighted by Crippen LogP contribution is -1.95. The Morgan fingerprint density at radius 3 is 2.23 bits per heavy atom. The van der Waals surface area contributed by atoms with Gasteiger partial charge < -0.3 is 0 Å². The lowest BCUT2D eigenvalue weighted by molar-refractivity contribution is 0.597. The SMILES string of the molecule is O=S=NS(=O)(=O)c1ccc(F)cc1. The molecule has 0 aliphatic heterocycles. The molecule has 7 heteroatoms. The minimum Gasteiger partial charge on any atom is -0.207 e. The van der Waals surface area contributed by atoms with Crippen LogP contribution in [0.3, 0.4) is 0 Å². The molecule has 0 saturated carbocycles. The van der Waals surface area contributed by atoms with Crippen molar-refractivity contribution in [2.75, 3.05) is 0 Å². The van der Waals surface area contributed by atoms with E-state index in [2.05, 4.69) is 3.77 Å². The van der Waals surface area contributed by atoms with E-state index in [0.29, 0.717) is 0 Å². The Kier molecular flexibility index (Phi) is 2.89. The molecule has 1 aromatic carbocycles. The first-order valence-electron chi connectivity index (χ1n) is 3.08. The van der Waals surface area contributed by atoms with Gasteiger partial charge in [0.05, 0.1) is 4.90 Å². The largest absolute Gasteiger partial charge is 0.294 e. The third-order valence-corrected chi connectivity index (χ3v) is 3.14. The van der Waals surface area contributed by atoms with Crippen LogP contribution in [0.15, 0.2) is 32.9 Å². The van der Waals surface area contributed by atoms with Crippen LogP contribution in [0.4, 0.5) is 4.39 Å². The lowest BCUT2D eigenvalue weighted by atomic mass is 10.4. The van der Waals surface area contributed by atoms with Gasteiger partial charge in [-0.15, -0.1) is 0 Å². The highest BCUT2D eigenvalue weighted by Crippen LogP contribution is 2.11. The van der Waals surface area contributed by atoms with Gasteiger partial charge in [-0.1, -0.05) is 3.77 Å². The van der Waals surface area contributed by atoms with E-state index in [1.54, 1.807) is 0 Å². The van der Waals surface area contributed by atoms with Crippen LogP contribution in [0.25, 0.3) is 0 Å². The van der Waals surface area contributed by atoms with Gasteiger partial charge in [-0.2, -0.15) is 12.6 Å². The molecule has 0 atom stereocenters. The molecule has 0 aliphatic rings. The van der Waals surface area contributed by atoms with Crippen molar-refractivity contribution in [3.63, 3.8) is 0 Å². The van der Waals surface area contributed by atoms with E-state index in [9.17, 15) is 17.0 Å². The van der Waals surface area contributed by atoms with Crippen molar-refractivity contribution in [3.05, 3.63) is 30.1 Å². The fraction of sp³-hybridized carbons (Fsp3) is 0. The van der Waals surface area contributed by atoms with Crippen molar-refractivity contribution >= 4 is 21.5 Å². The molecule has 0 fully saturated rings. The Morgan fingerprint density at radius 2 is 1.77 bits per heavy atom. The summed E-state index contributed by atoms with van der Waals surface area (Å²) in [5, 5.41) is 0.